The smallest absolute Gasteiger partial charge is 0.164 e. The fraction of sp³-hybridized carbons (Fsp3) is 0.118. The van der Waals surface area contributed by atoms with Crippen molar-refractivity contribution in [3.63, 3.8) is 0 Å². The van der Waals surface area contributed by atoms with Crippen LogP contribution in [-0.4, -0.2) is 15.0 Å². The molecule has 1 saturated carbocycles. The van der Waals surface area contributed by atoms with Gasteiger partial charge in [0.05, 0.1) is 0 Å². The fourth-order valence-corrected chi connectivity index (χ4v) is 8.81. The SMILES string of the molecule is c1ccc(-c2ccc(-c3nc(-c4ccc(-c5ccccc5)cc4)nc(-c4cccc(-c5ccc6c(c5)C5(CCCCC5)c5ccccc5-6)c4)n3)cc2)cc1. The van der Waals surface area contributed by atoms with Gasteiger partial charge in [0, 0.05) is 22.1 Å². The van der Waals surface area contributed by atoms with E-state index in [9.17, 15) is 0 Å². The molecule has 3 heteroatoms. The quantitative estimate of drug-likeness (QED) is 0.174. The van der Waals surface area contributed by atoms with E-state index in [0.717, 1.165) is 27.8 Å². The zero-order valence-corrected chi connectivity index (χ0v) is 30.1. The lowest BCUT2D eigenvalue weighted by Crippen LogP contribution is -2.28. The Morgan fingerprint density at radius 2 is 0.722 bits per heavy atom. The van der Waals surface area contributed by atoms with E-state index in [1.165, 1.54) is 76.6 Å². The highest BCUT2D eigenvalue weighted by atomic mass is 15.0. The van der Waals surface area contributed by atoms with Crippen LogP contribution in [0.1, 0.15) is 43.2 Å². The zero-order valence-electron chi connectivity index (χ0n) is 30.1. The molecular weight excluding hydrogens is 655 g/mol. The van der Waals surface area contributed by atoms with Crippen molar-refractivity contribution in [3.8, 4) is 78.7 Å². The monoisotopic (exact) mass is 693 g/mol. The van der Waals surface area contributed by atoms with Gasteiger partial charge in [0.15, 0.2) is 17.5 Å². The predicted molar refractivity (Wildman–Crippen MR) is 222 cm³/mol. The summed E-state index contributed by atoms with van der Waals surface area (Å²) in [5.74, 6) is 1.97. The third kappa shape index (κ3) is 5.74. The first-order chi connectivity index (χ1) is 26.7. The first-order valence-electron chi connectivity index (χ1n) is 19.1. The van der Waals surface area contributed by atoms with E-state index in [0.29, 0.717) is 17.5 Å². The van der Waals surface area contributed by atoms with Crippen LogP contribution in [0.5, 0.6) is 0 Å². The molecule has 54 heavy (non-hydrogen) atoms. The molecule has 0 unspecified atom stereocenters. The second-order valence-electron chi connectivity index (χ2n) is 14.7. The van der Waals surface area contributed by atoms with Crippen molar-refractivity contribution >= 4 is 0 Å². The zero-order chi connectivity index (χ0) is 35.9. The Morgan fingerprint density at radius 3 is 1.33 bits per heavy atom. The lowest BCUT2D eigenvalue weighted by Gasteiger charge is -2.36. The van der Waals surface area contributed by atoms with Gasteiger partial charge in [-0.3, -0.25) is 0 Å². The second-order valence-corrected chi connectivity index (χ2v) is 14.7. The number of hydrogen-bond acceptors (Lipinski definition) is 3. The summed E-state index contributed by atoms with van der Waals surface area (Å²) in [6, 6.07) is 62.9. The molecule has 7 aromatic carbocycles. The summed E-state index contributed by atoms with van der Waals surface area (Å²) >= 11 is 0. The van der Waals surface area contributed by atoms with Crippen LogP contribution in [0.3, 0.4) is 0 Å². The number of nitrogens with zero attached hydrogens (tertiary/aromatic N) is 3. The molecule has 10 rings (SSSR count). The molecule has 258 valence electrons. The van der Waals surface area contributed by atoms with Gasteiger partial charge in [0.2, 0.25) is 0 Å². The van der Waals surface area contributed by atoms with Gasteiger partial charge in [-0.05, 0) is 80.6 Å². The molecule has 0 atom stereocenters. The number of hydrogen-bond donors (Lipinski definition) is 0. The van der Waals surface area contributed by atoms with Crippen LogP contribution in [0.4, 0.5) is 0 Å². The van der Waals surface area contributed by atoms with Gasteiger partial charge in [-0.25, -0.2) is 15.0 Å². The van der Waals surface area contributed by atoms with Gasteiger partial charge in [-0.1, -0.05) is 183 Å². The first-order valence-corrected chi connectivity index (χ1v) is 19.1. The number of benzene rings is 7. The topological polar surface area (TPSA) is 38.7 Å². The van der Waals surface area contributed by atoms with Crippen molar-refractivity contribution in [1.29, 1.82) is 0 Å². The molecule has 1 fully saturated rings. The largest absolute Gasteiger partial charge is 0.208 e. The summed E-state index contributed by atoms with van der Waals surface area (Å²) in [5, 5.41) is 0. The summed E-state index contributed by atoms with van der Waals surface area (Å²) in [4.78, 5) is 15.3. The highest BCUT2D eigenvalue weighted by molar-refractivity contribution is 5.85. The molecule has 1 aromatic heterocycles. The van der Waals surface area contributed by atoms with E-state index >= 15 is 0 Å². The Hall–Kier alpha value is -6.45. The van der Waals surface area contributed by atoms with Crippen LogP contribution in [0.2, 0.25) is 0 Å². The van der Waals surface area contributed by atoms with Crippen molar-refractivity contribution < 1.29 is 0 Å². The molecule has 2 aliphatic carbocycles. The fourth-order valence-electron chi connectivity index (χ4n) is 8.81. The van der Waals surface area contributed by atoms with E-state index in [1.807, 2.05) is 12.1 Å². The molecule has 0 saturated heterocycles. The molecule has 0 aliphatic heterocycles. The minimum Gasteiger partial charge on any atom is -0.208 e. The average Bonchev–Trinajstić information content (AvgIpc) is 3.52. The maximum Gasteiger partial charge on any atom is 0.164 e. The molecule has 0 amide bonds. The molecule has 2 aliphatic rings. The van der Waals surface area contributed by atoms with Gasteiger partial charge in [-0.2, -0.15) is 0 Å². The van der Waals surface area contributed by atoms with Crippen LogP contribution in [0.25, 0.3) is 78.7 Å². The Kier molecular flexibility index (Phi) is 8.06. The van der Waals surface area contributed by atoms with Gasteiger partial charge < -0.3 is 0 Å². The second kappa shape index (κ2) is 13.5. The summed E-state index contributed by atoms with van der Waals surface area (Å²) in [5.41, 5.74) is 15.9. The maximum atomic E-state index is 5.13. The lowest BCUT2D eigenvalue weighted by molar-refractivity contribution is 0.353. The Bertz CT molecular complexity index is 2500. The predicted octanol–water partition coefficient (Wildman–Crippen LogP) is 13.1. The Labute approximate surface area is 317 Å². The van der Waals surface area contributed by atoms with Crippen molar-refractivity contribution in [1.82, 2.24) is 15.0 Å². The van der Waals surface area contributed by atoms with Crippen molar-refractivity contribution in [2.45, 2.75) is 37.5 Å². The first kappa shape index (κ1) is 32.2. The minimum atomic E-state index is 0.113. The highest BCUT2D eigenvalue weighted by Crippen LogP contribution is 2.56. The van der Waals surface area contributed by atoms with Crippen LogP contribution in [-0.2, 0) is 5.41 Å². The van der Waals surface area contributed by atoms with Crippen LogP contribution >= 0.6 is 0 Å². The molecule has 1 spiro atoms. The van der Waals surface area contributed by atoms with E-state index in [-0.39, 0.29) is 5.41 Å². The average molecular weight is 694 g/mol. The normalized spacial score (nSPS) is 14.1. The summed E-state index contributed by atoms with van der Waals surface area (Å²) in [7, 11) is 0. The summed E-state index contributed by atoms with van der Waals surface area (Å²) in [6.45, 7) is 0. The lowest BCUT2D eigenvalue weighted by atomic mass is 9.67. The van der Waals surface area contributed by atoms with Crippen LogP contribution in [0, 0.1) is 0 Å². The van der Waals surface area contributed by atoms with E-state index in [4.69, 9.17) is 15.0 Å². The third-order valence-corrected chi connectivity index (χ3v) is 11.6. The minimum absolute atomic E-state index is 0.113. The summed E-state index contributed by atoms with van der Waals surface area (Å²) in [6.07, 6.45) is 6.32. The molecule has 0 radical (unpaired) electrons. The molecule has 8 aromatic rings. The van der Waals surface area contributed by atoms with Gasteiger partial charge >= 0.3 is 0 Å². The van der Waals surface area contributed by atoms with Crippen molar-refractivity contribution in [3.05, 3.63) is 187 Å². The standard InChI is InChI=1S/C51H39N3/c1-4-13-35(14-5-1)37-21-25-39(26-22-37)48-52-49(40-27-23-38(24-28-40)36-15-6-2-7-16-36)54-50(53-48)43-18-12-17-41(33-43)42-29-30-45-44-19-8-9-20-46(44)51(47(45)34-42)31-10-3-11-32-51/h1-2,4-9,12-30,33-34H,3,10-11,31-32H2. The van der Waals surface area contributed by atoms with Crippen LogP contribution in [0.15, 0.2) is 176 Å². The van der Waals surface area contributed by atoms with E-state index in [2.05, 4.69) is 164 Å². The van der Waals surface area contributed by atoms with Gasteiger partial charge in [-0.15, -0.1) is 0 Å². The molecule has 0 bridgehead atoms. The van der Waals surface area contributed by atoms with Crippen molar-refractivity contribution in [2.24, 2.45) is 0 Å². The molecule has 0 N–H and O–H groups in total. The van der Waals surface area contributed by atoms with Crippen LogP contribution < -0.4 is 0 Å². The molecular formula is C51H39N3. The number of rotatable bonds is 6. The Balaban J connectivity index is 1.06. The van der Waals surface area contributed by atoms with Crippen molar-refractivity contribution in [2.75, 3.05) is 0 Å². The molecule has 1 heterocycles. The highest BCUT2D eigenvalue weighted by Gasteiger charge is 2.43. The van der Waals surface area contributed by atoms with Gasteiger partial charge in [0.25, 0.3) is 0 Å². The number of fused-ring (bicyclic) bond motifs is 5. The van der Waals surface area contributed by atoms with E-state index < -0.39 is 0 Å². The summed E-state index contributed by atoms with van der Waals surface area (Å²) < 4.78 is 0. The maximum absolute atomic E-state index is 5.13. The van der Waals surface area contributed by atoms with Gasteiger partial charge in [0.1, 0.15) is 0 Å². The number of aromatic nitrogens is 3. The van der Waals surface area contributed by atoms with E-state index in [1.54, 1.807) is 0 Å². The molecule has 3 nitrogen and oxygen atoms in total. The Morgan fingerprint density at radius 1 is 0.296 bits per heavy atom. The third-order valence-electron chi connectivity index (χ3n) is 11.6.